The summed E-state index contributed by atoms with van der Waals surface area (Å²) in [6.45, 7) is 0.550. The van der Waals surface area contributed by atoms with Crippen molar-refractivity contribution in [1.82, 2.24) is 9.55 Å². The number of nitrogens with zero attached hydrogens (tertiary/aromatic N) is 2. The van der Waals surface area contributed by atoms with Crippen LogP contribution in [0, 0.1) is 0 Å². The highest BCUT2D eigenvalue weighted by molar-refractivity contribution is 7.09. The number of benzene rings is 1. The van der Waals surface area contributed by atoms with Gasteiger partial charge >= 0.3 is 0 Å². The largest absolute Gasteiger partial charge is 0.399 e. The zero-order valence-electron chi connectivity index (χ0n) is 9.54. The van der Waals surface area contributed by atoms with Gasteiger partial charge in [0.2, 0.25) is 0 Å². The number of thiophene rings is 1. The molecule has 0 unspecified atom stereocenters. The molecule has 3 rings (SSSR count). The van der Waals surface area contributed by atoms with Crippen LogP contribution in [-0.2, 0) is 6.54 Å². The molecule has 0 spiro atoms. The van der Waals surface area contributed by atoms with Gasteiger partial charge in [0.05, 0.1) is 23.8 Å². The summed E-state index contributed by atoms with van der Waals surface area (Å²) in [5.41, 5.74) is 6.91. The van der Waals surface area contributed by atoms with E-state index >= 15 is 0 Å². The summed E-state index contributed by atoms with van der Waals surface area (Å²) in [6, 6.07) is 9.16. The Morgan fingerprint density at radius 2 is 2.22 bits per heavy atom. The number of hydrogen-bond donors (Lipinski definition) is 1. The molecule has 0 saturated carbocycles. The minimum Gasteiger partial charge on any atom is -0.399 e. The molecule has 0 amide bonds. The lowest BCUT2D eigenvalue weighted by atomic mass is 10.2. The standard InChI is InChI=1S/C13H11N3OS/c14-9-3-4-12-11(6-9)13(17)16(8-15-12)7-10-2-1-5-18-10/h1-6,8H,7,14H2. The normalized spacial score (nSPS) is 10.9. The molecule has 0 radical (unpaired) electrons. The number of aromatic nitrogens is 2. The molecule has 1 aromatic carbocycles. The van der Waals surface area contributed by atoms with Crippen molar-refractivity contribution >= 4 is 27.9 Å². The van der Waals surface area contributed by atoms with Crippen molar-refractivity contribution in [2.45, 2.75) is 6.54 Å². The van der Waals surface area contributed by atoms with E-state index in [9.17, 15) is 4.79 Å². The summed E-state index contributed by atoms with van der Waals surface area (Å²) >= 11 is 1.62. The van der Waals surface area contributed by atoms with Crippen molar-refractivity contribution in [2.75, 3.05) is 5.73 Å². The third-order valence-electron chi connectivity index (χ3n) is 2.75. The van der Waals surface area contributed by atoms with Crippen LogP contribution in [0.1, 0.15) is 4.88 Å². The molecule has 0 fully saturated rings. The number of anilines is 1. The van der Waals surface area contributed by atoms with Gasteiger partial charge in [-0.2, -0.15) is 0 Å². The van der Waals surface area contributed by atoms with E-state index in [4.69, 9.17) is 5.73 Å². The Hall–Kier alpha value is -2.14. The van der Waals surface area contributed by atoms with Crippen molar-refractivity contribution < 1.29 is 0 Å². The topological polar surface area (TPSA) is 60.9 Å². The predicted molar refractivity (Wildman–Crippen MR) is 73.8 cm³/mol. The van der Waals surface area contributed by atoms with Gasteiger partial charge in [0.15, 0.2) is 0 Å². The number of hydrogen-bond acceptors (Lipinski definition) is 4. The van der Waals surface area contributed by atoms with Gasteiger partial charge in [0.25, 0.3) is 5.56 Å². The second-order valence-corrected chi connectivity index (χ2v) is 5.07. The summed E-state index contributed by atoms with van der Waals surface area (Å²) in [7, 11) is 0. The molecule has 0 atom stereocenters. The van der Waals surface area contributed by atoms with E-state index in [2.05, 4.69) is 4.98 Å². The Morgan fingerprint density at radius 3 is 3.00 bits per heavy atom. The average Bonchev–Trinajstić information content (AvgIpc) is 2.86. The van der Waals surface area contributed by atoms with Crippen LogP contribution in [0.3, 0.4) is 0 Å². The smallest absolute Gasteiger partial charge is 0.261 e. The van der Waals surface area contributed by atoms with E-state index in [-0.39, 0.29) is 5.56 Å². The number of fused-ring (bicyclic) bond motifs is 1. The van der Waals surface area contributed by atoms with Crippen molar-refractivity contribution in [1.29, 1.82) is 0 Å². The molecular weight excluding hydrogens is 246 g/mol. The molecule has 0 aliphatic carbocycles. The predicted octanol–water partition coefficient (Wildman–Crippen LogP) is 2.09. The molecule has 0 saturated heterocycles. The summed E-state index contributed by atoms with van der Waals surface area (Å²) in [5.74, 6) is 0. The third kappa shape index (κ3) is 1.89. The molecule has 3 aromatic rings. The molecule has 2 heterocycles. The summed E-state index contributed by atoms with van der Waals surface area (Å²) in [5, 5.41) is 2.56. The van der Waals surface area contributed by atoms with Crippen molar-refractivity contribution in [3.05, 3.63) is 57.3 Å². The Morgan fingerprint density at radius 1 is 1.33 bits per heavy atom. The molecule has 0 bridgehead atoms. The van der Waals surface area contributed by atoms with Crippen LogP contribution in [0.5, 0.6) is 0 Å². The monoisotopic (exact) mass is 257 g/mol. The molecule has 2 aromatic heterocycles. The van der Waals surface area contributed by atoms with Gasteiger partial charge < -0.3 is 5.73 Å². The van der Waals surface area contributed by atoms with E-state index in [1.54, 1.807) is 40.4 Å². The van der Waals surface area contributed by atoms with Gasteiger partial charge in [-0.3, -0.25) is 9.36 Å². The molecule has 5 heteroatoms. The van der Waals surface area contributed by atoms with E-state index in [1.165, 1.54) is 0 Å². The van der Waals surface area contributed by atoms with Crippen LogP contribution in [0.4, 0.5) is 5.69 Å². The van der Waals surface area contributed by atoms with Gasteiger partial charge in [-0.1, -0.05) is 6.07 Å². The van der Waals surface area contributed by atoms with E-state index in [1.807, 2.05) is 17.5 Å². The highest BCUT2D eigenvalue weighted by Gasteiger charge is 2.05. The second kappa shape index (κ2) is 4.27. The van der Waals surface area contributed by atoms with E-state index < -0.39 is 0 Å². The van der Waals surface area contributed by atoms with Crippen LogP contribution in [0.2, 0.25) is 0 Å². The first-order valence-corrected chi connectivity index (χ1v) is 6.39. The van der Waals surface area contributed by atoms with Crippen LogP contribution in [-0.4, -0.2) is 9.55 Å². The van der Waals surface area contributed by atoms with Gasteiger partial charge in [-0.15, -0.1) is 11.3 Å². The van der Waals surface area contributed by atoms with Gasteiger partial charge in [-0.25, -0.2) is 4.98 Å². The third-order valence-corrected chi connectivity index (χ3v) is 3.62. The first-order valence-electron chi connectivity index (χ1n) is 5.51. The Kier molecular flexibility index (Phi) is 2.60. The van der Waals surface area contributed by atoms with E-state index in [0.29, 0.717) is 23.1 Å². The quantitative estimate of drug-likeness (QED) is 0.715. The van der Waals surface area contributed by atoms with Crippen molar-refractivity contribution in [3.8, 4) is 0 Å². The minimum absolute atomic E-state index is 0.0549. The second-order valence-electron chi connectivity index (χ2n) is 4.03. The first kappa shape index (κ1) is 11.0. The fourth-order valence-corrected chi connectivity index (χ4v) is 2.56. The molecular formula is C13H11N3OS. The van der Waals surface area contributed by atoms with Crippen LogP contribution >= 0.6 is 11.3 Å². The lowest BCUT2D eigenvalue weighted by Crippen LogP contribution is -2.20. The molecule has 4 nitrogen and oxygen atoms in total. The van der Waals surface area contributed by atoms with Gasteiger partial charge in [-0.05, 0) is 29.6 Å². The molecule has 0 aliphatic heterocycles. The highest BCUT2D eigenvalue weighted by atomic mass is 32.1. The summed E-state index contributed by atoms with van der Waals surface area (Å²) in [4.78, 5) is 17.7. The van der Waals surface area contributed by atoms with Gasteiger partial charge in [0.1, 0.15) is 0 Å². The maximum atomic E-state index is 12.3. The summed E-state index contributed by atoms with van der Waals surface area (Å²) < 4.78 is 1.60. The average molecular weight is 257 g/mol. The zero-order valence-corrected chi connectivity index (χ0v) is 10.4. The SMILES string of the molecule is Nc1ccc2ncn(Cc3cccs3)c(=O)c2c1. The van der Waals surface area contributed by atoms with Crippen LogP contribution in [0.15, 0.2) is 46.8 Å². The van der Waals surface area contributed by atoms with Crippen LogP contribution in [0.25, 0.3) is 10.9 Å². The molecule has 0 aliphatic rings. The van der Waals surface area contributed by atoms with Crippen molar-refractivity contribution in [2.24, 2.45) is 0 Å². The number of nitrogens with two attached hydrogens (primary N) is 1. The Bertz CT molecular complexity index is 747. The fourth-order valence-electron chi connectivity index (χ4n) is 1.86. The Labute approximate surface area is 107 Å². The first-order chi connectivity index (χ1) is 8.74. The lowest BCUT2D eigenvalue weighted by Gasteiger charge is -2.05. The molecule has 90 valence electrons. The maximum Gasteiger partial charge on any atom is 0.261 e. The number of rotatable bonds is 2. The summed E-state index contributed by atoms with van der Waals surface area (Å²) in [6.07, 6.45) is 1.58. The number of nitrogen functional groups attached to an aromatic ring is 1. The van der Waals surface area contributed by atoms with E-state index in [0.717, 1.165) is 4.88 Å². The zero-order chi connectivity index (χ0) is 12.5. The van der Waals surface area contributed by atoms with Gasteiger partial charge in [0, 0.05) is 10.6 Å². The Balaban J connectivity index is 2.14. The minimum atomic E-state index is -0.0549. The molecule has 18 heavy (non-hydrogen) atoms. The maximum absolute atomic E-state index is 12.3. The van der Waals surface area contributed by atoms with Crippen molar-refractivity contribution in [3.63, 3.8) is 0 Å². The molecule has 2 N–H and O–H groups in total. The lowest BCUT2D eigenvalue weighted by molar-refractivity contribution is 0.758. The highest BCUT2D eigenvalue weighted by Crippen LogP contribution is 2.13. The fraction of sp³-hybridized carbons (Fsp3) is 0.0769. The van der Waals surface area contributed by atoms with Crippen LogP contribution < -0.4 is 11.3 Å².